The Morgan fingerprint density at radius 3 is 2.54 bits per heavy atom. The van der Waals surface area contributed by atoms with E-state index in [1.54, 1.807) is 18.3 Å². The summed E-state index contributed by atoms with van der Waals surface area (Å²) < 4.78 is 0. The normalized spacial score (nSPS) is 10.4. The predicted octanol–water partition coefficient (Wildman–Crippen LogP) is 3.40. The highest BCUT2D eigenvalue weighted by molar-refractivity contribution is 7.14. The van der Waals surface area contributed by atoms with Crippen molar-refractivity contribution >= 4 is 28.3 Å². The first kappa shape index (κ1) is 17.8. The van der Waals surface area contributed by atoms with E-state index in [1.807, 2.05) is 36.6 Å². The Bertz CT molecular complexity index is 917. The highest BCUT2D eigenvalue weighted by Crippen LogP contribution is 2.25. The summed E-state index contributed by atoms with van der Waals surface area (Å²) in [6.45, 7) is 3.86. The van der Waals surface area contributed by atoms with Gasteiger partial charge >= 0.3 is 0 Å². The number of nitrogens with one attached hydrogen (secondary N) is 2. The van der Waals surface area contributed by atoms with Gasteiger partial charge in [0.25, 0.3) is 5.91 Å². The molecule has 132 valence electrons. The lowest BCUT2D eigenvalue weighted by molar-refractivity contribution is -0.119. The molecule has 0 radical (unpaired) electrons. The van der Waals surface area contributed by atoms with E-state index in [1.165, 1.54) is 18.3 Å². The molecule has 0 aliphatic carbocycles. The molecule has 0 bridgehead atoms. The molecule has 0 unspecified atom stereocenters. The number of pyridine rings is 1. The zero-order valence-corrected chi connectivity index (χ0v) is 15.3. The summed E-state index contributed by atoms with van der Waals surface area (Å²) in [4.78, 5) is 31.8. The molecular formula is C19H18N4O2S. The van der Waals surface area contributed by atoms with Crippen LogP contribution in [0.25, 0.3) is 11.3 Å². The van der Waals surface area contributed by atoms with Crippen LogP contribution in [0.4, 0.5) is 5.13 Å². The summed E-state index contributed by atoms with van der Waals surface area (Å²) in [6.07, 6.45) is 1.55. The summed E-state index contributed by atoms with van der Waals surface area (Å²) >= 11 is 1.37. The average molecular weight is 366 g/mol. The van der Waals surface area contributed by atoms with Crippen LogP contribution in [0.5, 0.6) is 0 Å². The number of hydrogen-bond acceptors (Lipinski definition) is 5. The standard InChI is InChI=1S/C19H18N4O2S/c1-12-3-6-16(10-20-12)18(25)23-19-22-17(11-26-19)15-7-4-14(5-8-15)9-21-13(2)24/h3-8,10-11H,9H2,1-2H3,(H,21,24)(H,22,23,25). The highest BCUT2D eigenvalue weighted by atomic mass is 32.1. The zero-order chi connectivity index (χ0) is 18.5. The largest absolute Gasteiger partial charge is 0.352 e. The SMILES string of the molecule is CC(=O)NCc1ccc(-c2csc(NC(=O)c3ccc(C)nc3)n2)cc1. The second-order valence-electron chi connectivity index (χ2n) is 5.79. The number of amides is 2. The fraction of sp³-hybridized carbons (Fsp3) is 0.158. The summed E-state index contributed by atoms with van der Waals surface area (Å²) in [5.74, 6) is -0.290. The van der Waals surface area contributed by atoms with E-state index in [9.17, 15) is 9.59 Å². The monoisotopic (exact) mass is 366 g/mol. The number of benzene rings is 1. The van der Waals surface area contributed by atoms with Gasteiger partial charge in [-0.15, -0.1) is 11.3 Å². The van der Waals surface area contributed by atoms with Crippen molar-refractivity contribution in [2.45, 2.75) is 20.4 Å². The number of rotatable bonds is 5. The highest BCUT2D eigenvalue weighted by Gasteiger charge is 2.10. The summed E-state index contributed by atoms with van der Waals surface area (Å²) in [7, 11) is 0. The van der Waals surface area contributed by atoms with E-state index in [4.69, 9.17) is 0 Å². The Labute approximate surface area is 155 Å². The number of aryl methyl sites for hydroxylation is 1. The lowest BCUT2D eigenvalue weighted by Gasteiger charge is -2.03. The summed E-state index contributed by atoms with van der Waals surface area (Å²) in [6, 6.07) is 11.3. The van der Waals surface area contributed by atoms with Crippen molar-refractivity contribution < 1.29 is 9.59 Å². The van der Waals surface area contributed by atoms with Crippen molar-refractivity contribution in [1.29, 1.82) is 0 Å². The number of hydrogen-bond donors (Lipinski definition) is 2. The fourth-order valence-electron chi connectivity index (χ4n) is 2.26. The molecule has 6 nitrogen and oxygen atoms in total. The Balaban J connectivity index is 1.66. The van der Waals surface area contributed by atoms with Crippen LogP contribution in [0.1, 0.15) is 28.5 Å². The molecule has 0 aliphatic heterocycles. The quantitative estimate of drug-likeness (QED) is 0.725. The lowest BCUT2D eigenvalue weighted by Crippen LogP contribution is -2.18. The maximum atomic E-state index is 12.2. The van der Waals surface area contributed by atoms with Crippen molar-refractivity contribution in [2.24, 2.45) is 0 Å². The third kappa shape index (κ3) is 4.52. The lowest BCUT2D eigenvalue weighted by atomic mass is 10.1. The summed E-state index contributed by atoms with van der Waals surface area (Å²) in [5, 5.41) is 7.98. The Morgan fingerprint density at radius 2 is 1.88 bits per heavy atom. The van der Waals surface area contributed by atoms with Gasteiger partial charge in [0.15, 0.2) is 5.13 Å². The van der Waals surface area contributed by atoms with Gasteiger partial charge in [0.1, 0.15) is 0 Å². The van der Waals surface area contributed by atoms with Crippen molar-refractivity contribution in [3.8, 4) is 11.3 Å². The Kier molecular flexibility index (Phi) is 5.38. The smallest absolute Gasteiger partial charge is 0.259 e. The number of thiazole rings is 1. The molecule has 7 heteroatoms. The number of carbonyl (C=O) groups is 2. The molecular weight excluding hydrogens is 348 g/mol. The molecule has 3 rings (SSSR count). The van der Waals surface area contributed by atoms with Gasteiger partial charge in [-0.2, -0.15) is 0 Å². The molecule has 1 aromatic carbocycles. The second-order valence-corrected chi connectivity index (χ2v) is 6.65. The van der Waals surface area contributed by atoms with Gasteiger partial charge in [-0.3, -0.25) is 19.9 Å². The molecule has 3 aromatic rings. The van der Waals surface area contributed by atoms with E-state index in [-0.39, 0.29) is 11.8 Å². The van der Waals surface area contributed by atoms with Crippen LogP contribution >= 0.6 is 11.3 Å². The van der Waals surface area contributed by atoms with Gasteiger partial charge in [-0.25, -0.2) is 4.98 Å². The topological polar surface area (TPSA) is 84.0 Å². The molecule has 26 heavy (non-hydrogen) atoms. The van der Waals surface area contributed by atoms with Crippen molar-refractivity contribution in [3.63, 3.8) is 0 Å². The number of nitrogens with zero attached hydrogens (tertiary/aromatic N) is 2. The Hall–Kier alpha value is -3.06. The zero-order valence-electron chi connectivity index (χ0n) is 14.4. The third-order valence-corrected chi connectivity index (χ3v) is 4.45. The number of anilines is 1. The van der Waals surface area contributed by atoms with Gasteiger partial charge in [0, 0.05) is 36.3 Å². The van der Waals surface area contributed by atoms with Crippen molar-refractivity contribution in [2.75, 3.05) is 5.32 Å². The van der Waals surface area contributed by atoms with Gasteiger partial charge in [-0.1, -0.05) is 24.3 Å². The molecule has 2 N–H and O–H groups in total. The van der Waals surface area contributed by atoms with Gasteiger partial charge in [0.05, 0.1) is 11.3 Å². The van der Waals surface area contributed by atoms with Crippen LogP contribution in [0.2, 0.25) is 0 Å². The molecule has 0 saturated heterocycles. The Morgan fingerprint density at radius 1 is 1.12 bits per heavy atom. The first-order valence-electron chi connectivity index (χ1n) is 8.04. The minimum atomic E-state index is -0.232. The van der Waals surface area contributed by atoms with E-state index >= 15 is 0 Å². The number of carbonyl (C=O) groups excluding carboxylic acids is 2. The average Bonchev–Trinajstić information content (AvgIpc) is 3.09. The van der Waals surface area contributed by atoms with Crippen molar-refractivity contribution in [3.05, 3.63) is 64.8 Å². The molecule has 2 heterocycles. The molecule has 2 amide bonds. The van der Waals surface area contributed by atoms with Crippen LogP contribution in [0, 0.1) is 6.92 Å². The van der Waals surface area contributed by atoms with Crippen molar-refractivity contribution in [1.82, 2.24) is 15.3 Å². The minimum absolute atomic E-state index is 0.0577. The molecule has 0 atom stereocenters. The first-order valence-corrected chi connectivity index (χ1v) is 8.92. The maximum Gasteiger partial charge on any atom is 0.259 e. The van der Waals surface area contributed by atoms with E-state index in [2.05, 4.69) is 20.6 Å². The molecule has 2 aromatic heterocycles. The molecule has 0 fully saturated rings. The first-order chi connectivity index (χ1) is 12.5. The third-order valence-electron chi connectivity index (χ3n) is 3.69. The van der Waals surface area contributed by atoms with Crippen LogP contribution in [0.3, 0.4) is 0 Å². The molecule has 0 saturated carbocycles. The van der Waals surface area contributed by atoms with E-state index in [0.29, 0.717) is 17.2 Å². The van der Waals surface area contributed by atoms with Crippen LogP contribution in [-0.2, 0) is 11.3 Å². The fourth-order valence-corrected chi connectivity index (χ4v) is 2.97. The number of aromatic nitrogens is 2. The predicted molar refractivity (Wildman–Crippen MR) is 102 cm³/mol. The van der Waals surface area contributed by atoms with Gasteiger partial charge in [-0.05, 0) is 24.6 Å². The molecule has 0 aliphatic rings. The molecule has 0 spiro atoms. The maximum absolute atomic E-state index is 12.2. The van der Waals surface area contributed by atoms with Gasteiger partial charge in [0.2, 0.25) is 5.91 Å². The minimum Gasteiger partial charge on any atom is -0.352 e. The van der Waals surface area contributed by atoms with Crippen LogP contribution in [0.15, 0.2) is 48.0 Å². The van der Waals surface area contributed by atoms with Gasteiger partial charge < -0.3 is 5.32 Å². The van der Waals surface area contributed by atoms with E-state index < -0.39 is 0 Å². The van der Waals surface area contributed by atoms with E-state index in [0.717, 1.165) is 22.5 Å². The van der Waals surface area contributed by atoms with Crippen LogP contribution in [-0.4, -0.2) is 21.8 Å². The van der Waals surface area contributed by atoms with Crippen LogP contribution < -0.4 is 10.6 Å². The summed E-state index contributed by atoms with van der Waals surface area (Å²) in [5.41, 5.74) is 4.11. The second kappa shape index (κ2) is 7.88.